The van der Waals surface area contributed by atoms with Gasteiger partial charge in [-0.2, -0.15) is 0 Å². The molecular weight excluding hydrogens is 268 g/mol. The van der Waals surface area contributed by atoms with Gasteiger partial charge in [0.15, 0.2) is 0 Å². The van der Waals surface area contributed by atoms with Crippen LogP contribution in [0.5, 0.6) is 0 Å². The van der Waals surface area contributed by atoms with Crippen molar-refractivity contribution in [1.82, 2.24) is 15.0 Å². The highest BCUT2D eigenvalue weighted by molar-refractivity contribution is 5.57. The molecule has 114 valence electrons. The van der Waals surface area contributed by atoms with Gasteiger partial charge in [-0.15, -0.1) is 0 Å². The first-order valence-electron chi connectivity index (χ1n) is 7.08. The molecule has 0 fully saturated rings. The maximum absolute atomic E-state index is 5.53. The topological polar surface area (TPSA) is 102 Å². The second-order valence-corrected chi connectivity index (χ2v) is 5.03. The number of hydrogen-bond donors (Lipinski definition) is 3. The minimum atomic E-state index is -0.0904. The van der Waals surface area contributed by atoms with Crippen molar-refractivity contribution in [3.05, 3.63) is 29.2 Å². The molecule has 0 aromatic carbocycles. The highest BCUT2D eigenvalue weighted by Gasteiger charge is 2.16. The summed E-state index contributed by atoms with van der Waals surface area (Å²) in [6.45, 7) is 7.85. The van der Waals surface area contributed by atoms with Gasteiger partial charge in [0, 0.05) is 12.0 Å². The van der Waals surface area contributed by atoms with Gasteiger partial charge in [0.2, 0.25) is 5.89 Å². The van der Waals surface area contributed by atoms with Crippen LogP contribution in [0, 0.1) is 13.8 Å². The highest BCUT2D eigenvalue weighted by atomic mass is 16.4. The summed E-state index contributed by atoms with van der Waals surface area (Å²) in [5.74, 6) is 9.08. The van der Waals surface area contributed by atoms with Crippen molar-refractivity contribution in [2.75, 3.05) is 10.7 Å². The SMILES string of the molecule is CCCc1nc(NN)c(C)c(NC(C)c2ncc(C)o2)n1. The summed E-state index contributed by atoms with van der Waals surface area (Å²) in [4.78, 5) is 13.2. The fourth-order valence-electron chi connectivity index (χ4n) is 2.02. The summed E-state index contributed by atoms with van der Waals surface area (Å²) in [7, 11) is 0. The lowest BCUT2D eigenvalue weighted by atomic mass is 10.2. The van der Waals surface area contributed by atoms with Gasteiger partial charge in [-0.25, -0.2) is 20.8 Å². The summed E-state index contributed by atoms with van der Waals surface area (Å²) < 4.78 is 5.53. The first kappa shape index (κ1) is 15.2. The van der Waals surface area contributed by atoms with E-state index in [1.807, 2.05) is 20.8 Å². The number of oxazole rings is 1. The smallest absolute Gasteiger partial charge is 0.216 e. The third kappa shape index (κ3) is 3.49. The number of nitrogens with one attached hydrogen (secondary N) is 2. The van der Waals surface area contributed by atoms with Crippen molar-refractivity contribution >= 4 is 11.6 Å². The van der Waals surface area contributed by atoms with Crippen molar-refractivity contribution in [1.29, 1.82) is 0 Å². The number of anilines is 2. The first-order valence-corrected chi connectivity index (χ1v) is 7.08. The Hall–Kier alpha value is -2.15. The molecule has 2 aromatic heterocycles. The van der Waals surface area contributed by atoms with Crippen LogP contribution >= 0.6 is 0 Å². The Morgan fingerprint density at radius 3 is 2.57 bits per heavy atom. The Kier molecular flexibility index (Phi) is 4.74. The third-order valence-corrected chi connectivity index (χ3v) is 3.17. The van der Waals surface area contributed by atoms with Crippen LogP contribution in [-0.4, -0.2) is 15.0 Å². The average molecular weight is 290 g/mol. The van der Waals surface area contributed by atoms with E-state index in [-0.39, 0.29) is 6.04 Å². The molecular formula is C14H22N6O. The van der Waals surface area contributed by atoms with E-state index in [4.69, 9.17) is 10.3 Å². The summed E-state index contributed by atoms with van der Waals surface area (Å²) in [5, 5.41) is 3.31. The highest BCUT2D eigenvalue weighted by Crippen LogP contribution is 2.24. The summed E-state index contributed by atoms with van der Waals surface area (Å²) in [6.07, 6.45) is 3.48. The van der Waals surface area contributed by atoms with Gasteiger partial charge in [0.25, 0.3) is 0 Å². The molecule has 1 atom stereocenters. The Morgan fingerprint density at radius 1 is 1.29 bits per heavy atom. The number of hydrogen-bond acceptors (Lipinski definition) is 7. The molecule has 0 spiro atoms. The predicted octanol–water partition coefficient (Wildman–Crippen LogP) is 2.49. The van der Waals surface area contributed by atoms with Crippen LogP contribution in [0.4, 0.5) is 11.6 Å². The standard InChI is InChI=1S/C14H22N6O/c1-5-6-11-18-12(9(3)13(19-11)20-15)17-10(4)14-16-7-8(2)21-14/h7,10H,5-6,15H2,1-4H3,(H2,17,18,19,20). The van der Waals surface area contributed by atoms with Crippen LogP contribution in [0.3, 0.4) is 0 Å². The molecule has 1 unspecified atom stereocenters. The number of nitrogens with two attached hydrogens (primary N) is 1. The molecule has 2 rings (SSSR count). The molecule has 0 aliphatic heterocycles. The molecule has 0 aliphatic rings. The van der Waals surface area contributed by atoms with Gasteiger partial charge >= 0.3 is 0 Å². The average Bonchev–Trinajstić information content (AvgIpc) is 2.89. The number of hydrazine groups is 1. The van der Waals surface area contributed by atoms with Crippen LogP contribution < -0.4 is 16.6 Å². The second kappa shape index (κ2) is 6.53. The van der Waals surface area contributed by atoms with Crippen molar-refractivity contribution in [2.45, 2.75) is 46.6 Å². The molecule has 0 radical (unpaired) electrons. The summed E-state index contributed by atoms with van der Waals surface area (Å²) >= 11 is 0. The third-order valence-electron chi connectivity index (χ3n) is 3.17. The van der Waals surface area contributed by atoms with Crippen LogP contribution in [0.2, 0.25) is 0 Å². The Bertz CT molecular complexity index is 610. The first-order chi connectivity index (χ1) is 10.0. The molecule has 2 aromatic rings. The monoisotopic (exact) mass is 290 g/mol. The maximum atomic E-state index is 5.53. The van der Waals surface area contributed by atoms with Gasteiger partial charge in [-0.1, -0.05) is 6.92 Å². The molecule has 0 aliphatic carbocycles. The zero-order valence-electron chi connectivity index (χ0n) is 12.9. The normalized spacial score (nSPS) is 12.2. The fourth-order valence-corrected chi connectivity index (χ4v) is 2.02. The minimum absolute atomic E-state index is 0.0904. The van der Waals surface area contributed by atoms with Crippen molar-refractivity contribution < 1.29 is 4.42 Å². The Morgan fingerprint density at radius 2 is 2.00 bits per heavy atom. The lowest BCUT2D eigenvalue weighted by Crippen LogP contribution is -2.16. The van der Waals surface area contributed by atoms with Gasteiger partial charge in [-0.3, -0.25) is 0 Å². The predicted molar refractivity (Wildman–Crippen MR) is 81.9 cm³/mol. The van der Waals surface area contributed by atoms with Crippen molar-refractivity contribution in [3.8, 4) is 0 Å². The van der Waals surface area contributed by atoms with Crippen LogP contribution in [0.1, 0.15) is 49.3 Å². The van der Waals surface area contributed by atoms with E-state index in [0.29, 0.717) is 11.7 Å². The second-order valence-electron chi connectivity index (χ2n) is 5.03. The van der Waals surface area contributed by atoms with Gasteiger partial charge in [0.1, 0.15) is 29.3 Å². The van der Waals surface area contributed by atoms with Crippen molar-refractivity contribution in [3.63, 3.8) is 0 Å². The molecule has 0 bridgehead atoms. The van der Waals surface area contributed by atoms with E-state index < -0.39 is 0 Å². The molecule has 7 heteroatoms. The van der Waals surface area contributed by atoms with Crippen molar-refractivity contribution in [2.24, 2.45) is 5.84 Å². The number of nitrogens with zero attached hydrogens (tertiary/aromatic N) is 3. The lowest BCUT2D eigenvalue weighted by molar-refractivity contribution is 0.453. The lowest BCUT2D eigenvalue weighted by Gasteiger charge is -2.16. The van der Waals surface area contributed by atoms with E-state index >= 15 is 0 Å². The zero-order valence-corrected chi connectivity index (χ0v) is 12.9. The van der Waals surface area contributed by atoms with E-state index in [9.17, 15) is 0 Å². The largest absolute Gasteiger partial charge is 0.444 e. The fraction of sp³-hybridized carbons (Fsp3) is 0.500. The van der Waals surface area contributed by atoms with E-state index in [1.165, 1.54) is 0 Å². The molecule has 4 N–H and O–H groups in total. The quantitative estimate of drug-likeness (QED) is 0.555. The van der Waals surface area contributed by atoms with Gasteiger partial charge in [-0.05, 0) is 27.2 Å². The number of nitrogen functional groups attached to an aromatic ring is 1. The van der Waals surface area contributed by atoms with E-state index in [1.54, 1.807) is 6.20 Å². The minimum Gasteiger partial charge on any atom is -0.444 e. The van der Waals surface area contributed by atoms with Crippen LogP contribution in [-0.2, 0) is 6.42 Å². The zero-order chi connectivity index (χ0) is 15.4. The molecule has 0 saturated carbocycles. The van der Waals surface area contributed by atoms with Crippen LogP contribution in [0.15, 0.2) is 10.6 Å². The summed E-state index contributed by atoms with van der Waals surface area (Å²) in [5.41, 5.74) is 3.49. The summed E-state index contributed by atoms with van der Waals surface area (Å²) in [6, 6.07) is -0.0904. The molecule has 0 saturated heterocycles. The molecule has 0 amide bonds. The van der Waals surface area contributed by atoms with Gasteiger partial charge in [0.05, 0.1) is 6.20 Å². The number of rotatable bonds is 6. The Balaban J connectivity index is 2.27. The molecule has 7 nitrogen and oxygen atoms in total. The van der Waals surface area contributed by atoms with E-state index in [0.717, 1.165) is 35.8 Å². The molecule has 2 heterocycles. The van der Waals surface area contributed by atoms with Gasteiger partial charge < -0.3 is 15.2 Å². The Labute approximate surface area is 124 Å². The van der Waals surface area contributed by atoms with E-state index in [2.05, 4.69) is 32.6 Å². The molecule has 21 heavy (non-hydrogen) atoms. The maximum Gasteiger partial charge on any atom is 0.216 e. The number of aryl methyl sites for hydroxylation is 2. The number of aromatic nitrogens is 3. The van der Waals surface area contributed by atoms with Crippen LogP contribution in [0.25, 0.3) is 0 Å².